The number of nitrogens with two attached hydrogens (primary N) is 1. The number of nitrogens with one attached hydrogen (secondary N) is 2. The van der Waals surface area contributed by atoms with E-state index in [1.54, 1.807) is 18.7 Å². The third kappa shape index (κ3) is 2.26. The van der Waals surface area contributed by atoms with Crippen molar-refractivity contribution in [3.63, 3.8) is 0 Å². The van der Waals surface area contributed by atoms with Crippen molar-refractivity contribution in [2.24, 2.45) is 5.84 Å². The van der Waals surface area contributed by atoms with Crippen LogP contribution in [0.5, 0.6) is 0 Å². The van der Waals surface area contributed by atoms with Crippen molar-refractivity contribution in [3.8, 4) is 0 Å². The number of carbonyl (C=O) groups excluding carboxylic acids is 2. The van der Waals surface area contributed by atoms with Gasteiger partial charge in [-0.15, -0.1) is 0 Å². The first-order chi connectivity index (χ1) is 8.87. The zero-order valence-electron chi connectivity index (χ0n) is 10.4. The molecule has 1 aliphatic rings. The molecule has 4 N–H and O–H groups in total. The molecule has 0 aliphatic carbocycles. The van der Waals surface area contributed by atoms with Gasteiger partial charge in [0.2, 0.25) is 5.91 Å². The van der Waals surface area contributed by atoms with Gasteiger partial charge < -0.3 is 10.3 Å². The molecule has 2 rings (SSSR count). The van der Waals surface area contributed by atoms with Crippen LogP contribution in [0.2, 0.25) is 0 Å². The number of carbonyl (C=O) groups is 2. The van der Waals surface area contributed by atoms with E-state index in [4.69, 9.17) is 5.84 Å². The number of hydrogen-bond donors (Lipinski definition) is 3. The Balaban J connectivity index is 2.50. The Bertz CT molecular complexity index is 547. The monoisotopic (exact) mass is 328 g/mol. The van der Waals surface area contributed by atoms with Crippen molar-refractivity contribution >= 4 is 39.4 Å². The summed E-state index contributed by atoms with van der Waals surface area (Å²) in [6.07, 6.45) is 1.31. The van der Waals surface area contributed by atoms with E-state index >= 15 is 0 Å². The lowest BCUT2D eigenvalue weighted by Gasteiger charge is -2.41. The number of nitrogens with zero attached hydrogens (tertiary/aromatic N) is 3. The molecule has 1 aromatic rings. The molecular formula is C10H13BrN6O2. The predicted molar refractivity (Wildman–Crippen MR) is 72.1 cm³/mol. The summed E-state index contributed by atoms with van der Waals surface area (Å²) in [6, 6.07) is 0. The molecule has 2 amide bonds. The molecule has 19 heavy (non-hydrogen) atoms. The van der Waals surface area contributed by atoms with Crippen LogP contribution in [-0.2, 0) is 9.59 Å². The summed E-state index contributed by atoms with van der Waals surface area (Å²) in [4.78, 5) is 33.1. The SMILES string of the molecule is CC1(C)C(=O)NC(=O)CN1c1ncnc(NN)c1Br. The van der Waals surface area contributed by atoms with Gasteiger partial charge in [-0.05, 0) is 29.8 Å². The van der Waals surface area contributed by atoms with Crippen molar-refractivity contribution in [3.05, 3.63) is 10.8 Å². The summed E-state index contributed by atoms with van der Waals surface area (Å²) >= 11 is 3.32. The highest BCUT2D eigenvalue weighted by Gasteiger charge is 2.42. The van der Waals surface area contributed by atoms with E-state index in [9.17, 15) is 9.59 Å². The molecule has 1 fully saturated rings. The lowest BCUT2D eigenvalue weighted by Crippen LogP contribution is -2.64. The summed E-state index contributed by atoms with van der Waals surface area (Å²) in [6.45, 7) is 3.44. The van der Waals surface area contributed by atoms with E-state index in [0.29, 0.717) is 16.1 Å². The number of amides is 2. The Morgan fingerprint density at radius 2 is 2.16 bits per heavy atom. The number of halogens is 1. The minimum atomic E-state index is -0.906. The zero-order chi connectivity index (χ0) is 14.2. The Labute approximate surface area is 117 Å². The molecular weight excluding hydrogens is 316 g/mol. The fourth-order valence-electron chi connectivity index (χ4n) is 1.77. The van der Waals surface area contributed by atoms with Crippen LogP contribution in [-0.4, -0.2) is 33.9 Å². The molecule has 0 saturated carbocycles. The van der Waals surface area contributed by atoms with E-state index in [-0.39, 0.29) is 18.4 Å². The van der Waals surface area contributed by atoms with E-state index in [2.05, 4.69) is 36.6 Å². The van der Waals surface area contributed by atoms with E-state index in [1.165, 1.54) is 6.33 Å². The Morgan fingerprint density at radius 1 is 1.47 bits per heavy atom. The average Bonchev–Trinajstić information content (AvgIpc) is 2.35. The van der Waals surface area contributed by atoms with Gasteiger partial charge in [-0.2, -0.15) is 0 Å². The quantitative estimate of drug-likeness (QED) is 0.390. The maximum Gasteiger partial charge on any atom is 0.251 e. The molecule has 0 atom stereocenters. The molecule has 0 unspecified atom stereocenters. The first kappa shape index (κ1) is 13.7. The third-order valence-electron chi connectivity index (χ3n) is 2.95. The molecule has 0 bridgehead atoms. The lowest BCUT2D eigenvalue weighted by atomic mass is 9.99. The van der Waals surface area contributed by atoms with Crippen LogP contribution in [0.4, 0.5) is 11.6 Å². The summed E-state index contributed by atoms with van der Waals surface area (Å²) in [5, 5.41) is 2.30. The molecule has 0 radical (unpaired) electrons. The maximum atomic E-state index is 11.9. The minimum absolute atomic E-state index is 0.0262. The van der Waals surface area contributed by atoms with Crippen LogP contribution in [0.25, 0.3) is 0 Å². The average molecular weight is 329 g/mol. The standard InChI is InChI=1S/C10H13BrN6O2/c1-10(2)9(19)15-5(18)3-17(10)8-6(11)7(16-12)13-4-14-8/h4H,3,12H2,1-2H3,(H,13,14,16)(H,15,18,19). The van der Waals surface area contributed by atoms with Gasteiger partial charge in [0.05, 0.1) is 6.54 Å². The normalized spacial score (nSPS) is 18.2. The minimum Gasteiger partial charge on any atom is -0.332 e. The Kier molecular flexibility index (Phi) is 3.42. The van der Waals surface area contributed by atoms with Crippen LogP contribution < -0.4 is 21.5 Å². The van der Waals surface area contributed by atoms with Crippen LogP contribution in [0.15, 0.2) is 10.8 Å². The molecule has 102 valence electrons. The number of aromatic nitrogens is 2. The van der Waals surface area contributed by atoms with Crippen molar-refractivity contribution in [1.29, 1.82) is 0 Å². The van der Waals surface area contributed by atoms with Gasteiger partial charge in [-0.3, -0.25) is 14.9 Å². The molecule has 1 saturated heterocycles. The van der Waals surface area contributed by atoms with Crippen molar-refractivity contribution in [2.75, 3.05) is 16.9 Å². The number of hydrogen-bond acceptors (Lipinski definition) is 7. The van der Waals surface area contributed by atoms with Crippen LogP contribution >= 0.6 is 15.9 Å². The summed E-state index contributed by atoms with van der Waals surface area (Å²) in [5.74, 6) is 5.38. The van der Waals surface area contributed by atoms with Crippen LogP contribution in [0, 0.1) is 0 Å². The largest absolute Gasteiger partial charge is 0.332 e. The molecule has 0 spiro atoms. The first-order valence-electron chi connectivity index (χ1n) is 5.47. The molecule has 1 aliphatic heterocycles. The van der Waals surface area contributed by atoms with Crippen molar-refractivity contribution in [1.82, 2.24) is 15.3 Å². The highest BCUT2D eigenvalue weighted by atomic mass is 79.9. The van der Waals surface area contributed by atoms with Gasteiger partial charge in [-0.25, -0.2) is 15.8 Å². The predicted octanol–water partition coefficient (Wildman–Crippen LogP) is -0.234. The molecule has 1 aromatic heterocycles. The van der Waals surface area contributed by atoms with Gasteiger partial charge in [0.15, 0.2) is 5.82 Å². The number of rotatable bonds is 2. The van der Waals surface area contributed by atoms with Gasteiger partial charge in [0.1, 0.15) is 22.2 Å². The number of hydrazine groups is 1. The highest BCUT2D eigenvalue weighted by Crippen LogP contribution is 2.33. The summed E-state index contributed by atoms with van der Waals surface area (Å²) in [7, 11) is 0. The fourth-order valence-corrected chi connectivity index (χ4v) is 2.31. The van der Waals surface area contributed by atoms with Crippen LogP contribution in [0.3, 0.4) is 0 Å². The lowest BCUT2D eigenvalue weighted by molar-refractivity contribution is -0.135. The third-order valence-corrected chi connectivity index (χ3v) is 3.68. The van der Waals surface area contributed by atoms with Gasteiger partial charge in [-0.1, -0.05) is 0 Å². The van der Waals surface area contributed by atoms with E-state index in [0.717, 1.165) is 0 Å². The Hall–Kier alpha value is -1.74. The second-order valence-electron chi connectivity index (χ2n) is 4.53. The number of piperazine rings is 1. The van der Waals surface area contributed by atoms with E-state index < -0.39 is 5.54 Å². The molecule has 8 nitrogen and oxygen atoms in total. The topological polar surface area (TPSA) is 113 Å². The second kappa shape index (κ2) is 4.74. The smallest absolute Gasteiger partial charge is 0.251 e. The van der Waals surface area contributed by atoms with Gasteiger partial charge in [0, 0.05) is 0 Å². The molecule has 0 aromatic carbocycles. The molecule has 9 heteroatoms. The Morgan fingerprint density at radius 3 is 2.79 bits per heavy atom. The number of imide groups is 1. The fraction of sp³-hybridized carbons (Fsp3) is 0.400. The number of anilines is 2. The zero-order valence-corrected chi connectivity index (χ0v) is 12.0. The maximum absolute atomic E-state index is 11.9. The van der Waals surface area contributed by atoms with Crippen molar-refractivity contribution in [2.45, 2.75) is 19.4 Å². The summed E-state index contributed by atoms with van der Waals surface area (Å²) in [5.41, 5.74) is 1.51. The summed E-state index contributed by atoms with van der Waals surface area (Å²) < 4.78 is 0.494. The van der Waals surface area contributed by atoms with Crippen LogP contribution in [0.1, 0.15) is 13.8 Å². The second-order valence-corrected chi connectivity index (χ2v) is 5.32. The molecule has 2 heterocycles. The number of nitrogen functional groups attached to an aromatic ring is 1. The van der Waals surface area contributed by atoms with Gasteiger partial charge >= 0.3 is 0 Å². The highest BCUT2D eigenvalue weighted by molar-refractivity contribution is 9.10. The van der Waals surface area contributed by atoms with Gasteiger partial charge in [0.25, 0.3) is 5.91 Å². The van der Waals surface area contributed by atoms with Crippen molar-refractivity contribution < 1.29 is 9.59 Å². The van der Waals surface area contributed by atoms with E-state index in [1.807, 2.05) is 0 Å². The first-order valence-corrected chi connectivity index (χ1v) is 6.26.